The zero-order chi connectivity index (χ0) is 15.8. The summed E-state index contributed by atoms with van der Waals surface area (Å²) in [6, 6.07) is 2.97. The topological polar surface area (TPSA) is 89.9 Å². The Morgan fingerprint density at radius 2 is 2.00 bits per heavy atom. The number of carboxylic acids is 1. The molecule has 6 heteroatoms. The smallest absolute Gasteiger partial charge is 0.337 e. The second-order valence-electron chi connectivity index (χ2n) is 5.91. The SMILES string of the molecule is Cc1cc(C)c(NC(=O)N2CCC(C)(O)C2)c(C(=O)O)c1. The van der Waals surface area contributed by atoms with E-state index in [0.717, 1.165) is 5.56 Å². The molecule has 1 heterocycles. The van der Waals surface area contributed by atoms with Crippen LogP contribution in [0.3, 0.4) is 0 Å². The number of nitrogens with one attached hydrogen (secondary N) is 1. The number of nitrogens with zero attached hydrogens (tertiary/aromatic N) is 1. The Morgan fingerprint density at radius 1 is 1.33 bits per heavy atom. The Labute approximate surface area is 123 Å². The lowest BCUT2D eigenvalue weighted by molar-refractivity contribution is 0.0695. The van der Waals surface area contributed by atoms with Crippen molar-refractivity contribution in [1.29, 1.82) is 0 Å². The number of carbonyl (C=O) groups excluding carboxylic acids is 1. The summed E-state index contributed by atoms with van der Waals surface area (Å²) in [7, 11) is 0. The maximum Gasteiger partial charge on any atom is 0.337 e. The van der Waals surface area contributed by atoms with Crippen molar-refractivity contribution in [2.45, 2.75) is 32.8 Å². The van der Waals surface area contributed by atoms with E-state index in [-0.39, 0.29) is 18.1 Å². The number of hydrogen-bond acceptors (Lipinski definition) is 3. The van der Waals surface area contributed by atoms with Gasteiger partial charge in [0.1, 0.15) is 0 Å². The number of anilines is 1. The molecule has 1 aromatic carbocycles. The van der Waals surface area contributed by atoms with Gasteiger partial charge in [-0.15, -0.1) is 0 Å². The normalized spacial score (nSPS) is 21.4. The van der Waals surface area contributed by atoms with E-state index < -0.39 is 11.6 Å². The molecule has 0 aromatic heterocycles. The molecule has 0 saturated carbocycles. The Morgan fingerprint density at radius 3 is 2.52 bits per heavy atom. The number of benzene rings is 1. The van der Waals surface area contributed by atoms with Crippen LogP contribution >= 0.6 is 0 Å². The summed E-state index contributed by atoms with van der Waals surface area (Å²) < 4.78 is 0. The molecule has 1 aliphatic rings. The van der Waals surface area contributed by atoms with E-state index >= 15 is 0 Å². The molecule has 1 fully saturated rings. The lowest BCUT2D eigenvalue weighted by Crippen LogP contribution is -2.37. The van der Waals surface area contributed by atoms with Gasteiger partial charge >= 0.3 is 12.0 Å². The number of rotatable bonds is 2. The van der Waals surface area contributed by atoms with Crippen LogP contribution in [0, 0.1) is 13.8 Å². The van der Waals surface area contributed by atoms with Gasteiger partial charge in [0.2, 0.25) is 0 Å². The zero-order valence-electron chi connectivity index (χ0n) is 12.4. The van der Waals surface area contributed by atoms with Crippen LogP contribution in [0.5, 0.6) is 0 Å². The van der Waals surface area contributed by atoms with E-state index in [2.05, 4.69) is 5.32 Å². The van der Waals surface area contributed by atoms with Gasteiger partial charge in [-0.2, -0.15) is 0 Å². The van der Waals surface area contributed by atoms with Gasteiger partial charge in [-0.25, -0.2) is 9.59 Å². The fourth-order valence-corrected chi connectivity index (χ4v) is 2.61. The number of carbonyl (C=O) groups is 2. The van der Waals surface area contributed by atoms with Crippen molar-refractivity contribution in [2.24, 2.45) is 0 Å². The molecule has 0 spiro atoms. The van der Waals surface area contributed by atoms with Gasteiger partial charge in [0.25, 0.3) is 0 Å². The Kier molecular flexibility index (Phi) is 3.91. The summed E-state index contributed by atoms with van der Waals surface area (Å²) in [5, 5.41) is 21.8. The standard InChI is InChI=1S/C15H20N2O4/c1-9-6-10(2)12(11(7-9)13(18)19)16-14(20)17-5-4-15(3,21)8-17/h6-7,21H,4-5,8H2,1-3H3,(H,16,20)(H,18,19). The van der Waals surface area contributed by atoms with Crippen molar-refractivity contribution in [3.05, 3.63) is 28.8 Å². The minimum absolute atomic E-state index is 0.0757. The molecule has 0 radical (unpaired) electrons. The van der Waals surface area contributed by atoms with Crippen molar-refractivity contribution in [1.82, 2.24) is 4.90 Å². The average Bonchev–Trinajstić information content (AvgIpc) is 2.72. The van der Waals surface area contributed by atoms with Gasteiger partial charge in [0, 0.05) is 6.54 Å². The lowest BCUT2D eigenvalue weighted by Gasteiger charge is -2.21. The largest absolute Gasteiger partial charge is 0.478 e. The van der Waals surface area contributed by atoms with Gasteiger partial charge in [0.15, 0.2) is 0 Å². The fraction of sp³-hybridized carbons (Fsp3) is 0.467. The number of hydrogen-bond donors (Lipinski definition) is 3. The second-order valence-corrected chi connectivity index (χ2v) is 5.91. The molecule has 0 aliphatic carbocycles. The van der Waals surface area contributed by atoms with Crippen molar-refractivity contribution in [3.8, 4) is 0 Å². The van der Waals surface area contributed by atoms with E-state index in [0.29, 0.717) is 24.2 Å². The van der Waals surface area contributed by atoms with Crippen LogP contribution in [0.4, 0.5) is 10.5 Å². The summed E-state index contributed by atoms with van der Waals surface area (Å²) in [6.07, 6.45) is 0.513. The number of carboxylic acid groups (broad SMARTS) is 1. The first-order valence-corrected chi connectivity index (χ1v) is 6.82. The van der Waals surface area contributed by atoms with Crippen molar-refractivity contribution in [2.75, 3.05) is 18.4 Å². The van der Waals surface area contributed by atoms with Gasteiger partial charge in [-0.1, -0.05) is 6.07 Å². The summed E-state index contributed by atoms with van der Waals surface area (Å²) in [4.78, 5) is 25.0. The lowest BCUT2D eigenvalue weighted by atomic mass is 10.0. The van der Waals surface area contributed by atoms with Crippen LogP contribution in [-0.2, 0) is 0 Å². The van der Waals surface area contributed by atoms with Crippen LogP contribution in [-0.4, -0.2) is 45.8 Å². The van der Waals surface area contributed by atoms with Gasteiger partial charge < -0.3 is 20.4 Å². The molecule has 21 heavy (non-hydrogen) atoms. The Hall–Kier alpha value is -2.08. The van der Waals surface area contributed by atoms with Crippen LogP contribution < -0.4 is 5.32 Å². The maximum atomic E-state index is 12.2. The third-order valence-corrected chi connectivity index (χ3v) is 3.68. The summed E-state index contributed by atoms with van der Waals surface area (Å²) in [5.74, 6) is -1.08. The number of aromatic carboxylic acids is 1. The number of aliphatic hydroxyl groups is 1. The number of β-amino-alcohol motifs (C(OH)–C–C–N with tert-alkyl or cyclic N) is 1. The van der Waals surface area contributed by atoms with Gasteiger partial charge in [-0.05, 0) is 44.4 Å². The molecule has 3 N–H and O–H groups in total. The highest BCUT2D eigenvalue weighted by molar-refractivity contribution is 6.01. The van der Waals surface area contributed by atoms with Crippen molar-refractivity contribution < 1.29 is 19.8 Å². The minimum atomic E-state index is -1.08. The predicted molar refractivity (Wildman–Crippen MR) is 78.7 cm³/mol. The first-order chi connectivity index (χ1) is 9.69. The molecule has 1 aliphatic heterocycles. The Bertz CT molecular complexity index is 596. The van der Waals surface area contributed by atoms with Crippen LogP contribution in [0.25, 0.3) is 0 Å². The molecule has 2 rings (SSSR count). The van der Waals surface area contributed by atoms with E-state index in [1.54, 1.807) is 13.8 Å². The minimum Gasteiger partial charge on any atom is -0.478 e. The average molecular weight is 292 g/mol. The predicted octanol–water partition coefficient (Wildman–Crippen LogP) is 1.99. The second kappa shape index (κ2) is 5.37. The molecule has 1 atom stereocenters. The summed E-state index contributed by atoms with van der Waals surface area (Å²) in [5.41, 5.74) is 1.03. The molecule has 1 saturated heterocycles. The highest BCUT2D eigenvalue weighted by atomic mass is 16.4. The highest BCUT2D eigenvalue weighted by Gasteiger charge is 2.34. The number of aryl methyl sites for hydroxylation is 2. The van der Waals surface area contributed by atoms with Gasteiger partial charge in [0.05, 0.1) is 23.4 Å². The summed E-state index contributed by atoms with van der Waals surface area (Å²) in [6.45, 7) is 5.94. The van der Waals surface area contributed by atoms with Crippen LogP contribution in [0.15, 0.2) is 12.1 Å². The molecule has 6 nitrogen and oxygen atoms in total. The quantitative estimate of drug-likeness (QED) is 0.777. The van der Waals surface area contributed by atoms with Crippen LogP contribution in [0.1, 0.15) is 34.8 Å². The third-order valence-electron chi connectivity index (χ3n) is 3.68. The first-order valence-electron chi connectivity index (χ1n) is 6.82. The fourth-order valence-electron chi connectivity index (χ4n) is 2.61. The first kappa shape index (κ1) is 15.3. The van der Waals surface area contributed by atoms with Gasteiger partial charge in [-0.3, -0.25) is 0 Å². The van der Waals surface area contributed by atoms with E-state index in [1.165, 1.54) is 11.0 Å². The molecular formula is C15H20N2O4. The molecule has 2 amide bonds. The summed E-state index contributed by atoms with van der Waals surface area (Å²) >= 11 is 0. The number of urea groups is 1. The van der Waals surface area contributed by atoms with Crippen molar-refractivity contribution >= 4 is 17.7 Å². The van der Waals surface area contributed by atoms with Crippen LogP contribution in [0.2, 0.25) is 0 Å². The molecule has 1 aromatic rings. The highest BCUT2D eigenvalue weighted by Crippen LogP contribution is 2.25. The molecular weight excluding hydrogens is 272 g/mol. The van der Waals surface area contributed by atoms with Crippen molar-refractivity contribution in [3.63, 3.8) is 0 Å². The maximum absolute atomic E-state index is 12.2. The molecule has 114 valence electrons. The molecule has 0 bridgehead atoms. The monoisotopic (exact) mass is 292 g/mol. The molecule has 1 unspecified atom stereocenters. The van der Waals surface area contributed by atoms with E-state index in [4.69, 9.17) is 0 Å². The van der Waals surface area contributed by atoms with E-state index in [1.807, 2.05) is 13.0 Å². The zero-order valence-corrected chi connectivity index (χ0v) is 12.4. The van der Waals surface area contributed by atoms with E-state index in [9.17, 15) is 19.8 Å². The number of likely N-dealkylation sites (tertiary alicyclic amines) is 1. The third kappa shape index (κ3) is 3.33. The Balaban J connectivity index is 2.24. The number of amides is 2.